The Kier molecular flexibility index (Phi) is 5.84. The monoisotopic (exact) mass is 696 g/mol. The van der Waals surface area contributed by atoms with E-state index < -0.39 is 0 Å². The van der Waals surface area contributed by atoms with Crippen LogP contribution in [0.2, 0.25) is 0 Å². The van der Waals surface area contributed by atoms with Crippen LogP contribution in [0.5, 0.6) is 0 Å². The van der Waals surface area contributed by atoms with Crippen molar-refractivity contribution in [3.63, 3.8) is 0 Å². The van der Waals surface area contributed by atoms with Gasteiger partial charge in [0.1, 0.15) is 0 Å². The molecule has 3 aromatic heterocycles. The standard InChI is InChI=1S/C48H28N2S2/c1-3-13-31(14-4-1)49(32-15-5-2-6-16-32)40-28-43-46(36-19-8-7-17-34(36)40)38-26-30-23-22-29-12-11-20-39-44(29)45(30)47(48(38)52-43)50(39)33-24-25-42-37(27-33)35-18-9-10-21-41(35)51-42/h1-28H. The van der Waals surface area contributed by atoms with Gasteiger partial charge in [-0.05, 0) is 82.9 Å². The lowest BCUT2D eigenvalue weighted by molar-refractivity contribution is 1.20. The van der Waals surface area contributed by atoms with Crippen LogP contribution in [0.1, 0.15) is 0 Å². The van der Waals surface area contributed by atoms with Gasteiger partial charge in [-0.1, -0.05) is 103 Å². The largest absolute Gasteiger partial charge is 0.310 e. The van der Waals surface area contributed by atoms with Crippen LogP contribution in [-0.4, -0.2) is 4.57 Å². The molecule has 0 fully saturated rings. The van der Waals surface area contributed by atoms with E-state index in [1.165, 1.54) is 95.1 Å². The Labute approximate surface area is 306 Å². The summed E-state index contributed by atoms with van der Waals surface area (Å²) in [5.74, 6) is 0. The number of nitrogens with zero attached hydrogens (tertiary/aromatic N) is 2. The number of anilines is 3. The highest BCUT2D eigenvalue weighted by Gasteiger charge is 2.24. The average Bonchev–Trinajstić information content (AvgIpc) is 3.88. The molecule has 0 radical (unpaired) electrons. The zero-order chi connectivity index (χ0) is 33.9. The van der Waals surface area contributed by atoms with Gasteiger partial charge in [0.05, 0.1) is 21.4 Å². The third kappa shape index (κ3) is 3.88. The maximum Gasteiger partial charge on any atom is 0.0726 e. The van der Waals surface area contributed by atoms with E-state index in [-0.39, 0.29) is 0 Å². The third-order valence-corrected chi connectivity index (χ3v) is 13.2. The average molecular weight is 697 g/mol. The van der Waals surface area contributed by atoms with Crippen molar-refractivity contribution in [2.45, 2.75) is 0 Å². The van der Waals surface area contributed by atoms with Crippen LogP contribution in [0.4, 0.5) is 17.1 Å². The normalized spacial score (nSPS) is 12.2. The first-order valence-corrected chi connectivity index (χ1v) is 19.3. The Morgan fingerprint density at radius 3 is 1.90 bits per heavy atom. The molecule has 0 saturated carbocycles. The van der Waals surface area contributed by atoms with E-state index in [1.54, 1.807) is 0 Å². The fraction of sp³-hybridized carbons (Fsp3) is 0. The number of hydrogen-bond donors (Lipinski definition) is 0. The van der Waals surface area contributed by atoms with Gasteiger partial charge >= 0.3 is 0 Å². The topological polar surface area (TPSA) is 8.17 Å². The lowest BCUT2D eigenvalue weighted by Crippen LogP contribution is -2.10. The van der Waals surface area contributed by atoms with Crippen molar-refractivity contribution in [1.29, 1.82) is 0 Å². The Morgan fingerprint density at radius 1 is 0.404 bits per heavy atom. The Hall–Kier alpha value is -6.20. The molecule has 0 spiro atoms. The predicted octanol–water partition coefficient (Wildman–Crippen LogP) is 14.7. The highest BCUT2D eigenvalue weighted by molar-refractivity contribution is 7.27. The van der Waals surface area contributed by atoms with Crippen molar-refractivity contribution in [3.05, 3.63) is 170 Å². The van der Waals surface area contributed by atoms with Crippen LogP contribution < -0.4 is 4.90 Å². The second-order valence-electron chi connectivity index (χ2n) is 13.7. The molecule has 0 aliphatic rings. The van der Waals surface area contributed by atoms with Crippen LogP contribution in [0.15, 0.2) is 170 Å². The molecular weight excluding hydrogens is 669 g/mol. The summed E-state index contributed by atoms with van der Waals surface area (Å²) in [6.45, 7) is 0. The molecular formula is C48H28N2S2. The van der Waals surface area contributed by atoms with Crippen molar-refractivity contribution in [3.8, 4) is 5.69 Å². The molecule has 0 unspecified atom stereocenters. The minimum absolute atomic E-state index is 1.14. The number of fused-ring (bicyclic) bond motifs is 9. The molecule has 4 heteroatoms. The van der Waals surface area contributed by atoms with Crippen LogP contribution in [-0.2, 0) is 0 Å². The number of hydrogen-bond acceptors (Lipinski definition) is 3. The van der Waals surface area contributed by atoms with Gasteiger partial charge in [0.15, 0.2) is 0 Å². The van der Waals surface area contributed by atoms with Crippen LogP contribution in [0, 0.1) is 0 Å². The summed E-state index contributed by atoms with van der Waals surface area (Å²) in [6, 6.07) is 62.7. The van der Waals surface area contributed by atoms with Crippen molar-refractivity contribution in [1.82, 2.24) is 4.57 Å². The van der Waals surface area contributed by atoms with Crippen molar-refractivity contribution in [2.75, 3.05) is 4.90 Å². The van der Waals surface area contributed by atoms with Crippen molar-refractivity contribution in [2.24, 2.45) is 0 Å². The van der Waals surface area contributed by atoms with E-state index in [2.05, 4.69) is 179 Å². The molecule has 0 bridgehead atoms. The molecule has 0 aliphatic heterocycles. The molecule has 3 heterocycles. The van der Waals surface area contributed by atoms with Crippen molar-refractivity contribution < 1.29 is 0 Å². The summed E-state index contributed by atoms with van der Waals surface area (Å²) in [7, 11) is 0. The van der Waals surface area contributed by atoms with Crippen molar-refractivity contribution >= 4 is 123 Å². The Morgan fingerprint density at radius 2 is 1.10 bits per heavy atom. The zero-order valence-electron chi connectivity index (χ0n) is 27.9. The third-order valence-electron chi connectivity index (χ3n) is 10.9. The zero-order valence-corrected chi connectivity index (χ0v) is 29.5. The van der Waals surface area contributed by atoms with E-state index in [1.807, 2.05) is 22.7 Å². The van der Waals surface area contributed by atoms with Gasteiger partial charge < -0.3 is 9.47 Å². The minimum atomic E-state index is 1.14. The van der Waals surface area contributed by atoms with Crippen LogP contribution >= 0.6 is 22.7 Å². The number of thiophene rings is 2. The van der Waals surface area contributed by atoms with E-state index in [0.29, 0.717) is 0 Å². The summed E-state index contributed by atoms with van der Waals surface area (Å²) in [5, 5.41) is 13.1. The van der Waals surface area contributed by atoms with E-state index in [0.717, 1.165) is 11.4 Å². The van der Waals surface area contributed by atoms with Gasteiger partial charge in [-0.3, -0.25) is 0 Å². The van der Waals surface area contributed by atoms with Crippen LogP contribution in [0.3, 0.4) is 0 Å². The van der Waals surface area contributed by atoms with E-state index in [9.17, 15) is 0 Å². The minimum Gasteiger partial charge on any atom is -0.310 e. The second-order valence-corrected chi connectivity index (χ2v) is 15.8. The summed E-state index contributed by atoms with van der Waals surface area (Å²) < 4.78 is 7.83. The van der Waals surface area contributed by atoms with Crippen LogP contribution in [0.25, 0.3) is 89.4 Å². The first kappa shape index (κ1) is 28.5. The fourth-order valence-corrected chi connectivity index (χ4v) is 11.1. The lowest BCUT2D eigenvalue weighted by atomic mass is 9.97. The highest BCUT2D eigenvalue weighted by atomic mass is 32.1. The molecule has 52 heavy (non-hydrogen) atoms. The molecule has 242 valence electrons. The number of benzene rings is 9. The van der Waals surface area contributed by atoms with Gasteiger partial charge in [-0.15, -0.1) is 22.7 Å². The SMILES string of the molecule is c1ccc(N(c2ccccc2)c2cc3sc4c(cc5ccc6cccc7c6c5c4n7-c4ccc5sc6ccccc6c5c4)c3c3ccccc23)cc1. The Bertz CT molecular complexity index is 3310. The molecule has 0 atom stereocenters. The molecule has 12 aromatic rings. The van der Waals surface area contributed by atoms with Gasteiger partial charge in [0, 0.05) is 68.9 Å². The van der Waals surface area contributed by atoms with Gasteiger partial charge in [0.25, 0.3) is 0 Å². The number of aromatic nitrogens is 1. The summed E-state index contributed by atoms with van der Waals surface area (Å²) in [5.41, 5.74) is 7.23. The molecule has 0 saturated heterocycles. The molecule has 9 aromatic carbocycles. The first-order chi connectivity index (χ1) is 25.8. The first-order valence-electron chi connectivity index (χ1n) is 17.7. The fourth-order valence-electron chi connectivity index (χ4n) is 8.71. The quantitative estimate of drug-likeness (QED) is 0.166. The summed E-state index contributed by atoms with van der Waals surface area (Å²) in [4.78, 5) is 2.41. The highest BCUT2D eigenvalue weighted by Crippen LogP contribution is 2.51. The van der Waals surface area contributed by atoms with E-state index >= 15 is 0 Å². The molecule has 0 amide bonds. The smallest absolute Gasteiger partial charge is 0.0726 e. The second kappa shape index (κ2) is 10.7. The Balaban J connectivity index is 1.23. The molecule has 0 N–H and O–H groups in total. The number of para-hydroxylation sites is 2. The van der Waals surface area contributed by atoms with Gasteiger partial charge in [0.2, 0.25) is 0 Å². The van der Waals surface area contributed by atoms with Gasteiger partial charge in [-0.2, -0.15) is 0 Å². The molecule has 2 nitrogen and oxygen atoms in total. The molecule has 12 rings (SSSR count). The molecule has 0 aliphatic carbocycles. The number of rotatable bonds is 4. The van der Waals surface area contributed by atoms with E-state index in [4.69, 9.17) is 0 Å². The maximum atomic E-state index is 2.55. The summed E-state index contributed by atoms with van der Waals surface area (Å²) in [6.07, 6.45) is 0. The predicted molar refractivity (Wildman–Crippen MR) is 227 cm³/mol. The lowest BCUT2D eigenvalue weighted by Gasteiger charge is -2.27. The summed E-state index contributed by atoms with van der Waals surface area (Å²) >= 11 is 3.80. The maximum absolute atomic E-state index is 2.55. The van der Waals surface area contributed by atoms with Gasteiger partial charge in [-0.25, -0.2) is 0 Å².